The number of nitrogens with zero attached hydrogens (tertiary/aromatic N) is 5. The Morgan fingerprint density at radius 2 is 1.41 bits per heavy atom. The van der Waals surface area contributed by atoms with Crippen LogP contribution in [0.15, 0.2) is 49.4 Å². The molecule has 0 aromatic carbocycles. The molecule has 27 heavy (non-hydrogen) atoms. The lowest BCUT2D eigenvalue weighted by Gasteiger charge is -2.13. The molecular formula is C22H27N5. The second-order valence-corrected chi connectivity index (χ2v) is 7.57. The van der Waals surface area contributed by atoms with Gasteiger partial charge in [0.25, 0.3) is 0 Å². The van der Waals surface area contributed by atoms with Crippen LogP contribution in [0.4, 0.5) is 0 Å². The van der Waals surface area contributed by atoms with Crippen LogP contribution in [-0.2, 0) is 12.8 Å². The smallest absolute Gasteiger partial charge is 0.131 e. The molecule has 0 aliphatic heterocycles. The van der Waals surface area contributed by atoms with Crippen LogP contribution in [-0.4, -0.2) is 24.9 Å². The third-order valence-electron chi connectivity index (χ3n) is 4.89. The average Bonchev–Trinajstić information content (AvgIpc) is 2.69. The van der Waals surface area contributed by atoms with E-state index >= 15 is 0 Å². The minimum absolute atomic E-state index is 0.233. The predicted molar refractivity (Wildman–Crippen MR) is 107 cm³/mol. The number of hydrogen-bond acceptors (Lipinski definition) is 5. The first-order chi connectivity index (χ1) is 13.0. The lowest BCUT2D eigenvalue weighted by Crippen LogP contribution is -2.07. The van der Waals surface area contributed by atoms with E-state index in [2.05, 4.69) is 64.7 Å². The summed E-state index contributed by atoms with van der Waals surface area (Å²) < 4.78 is 0. The molecule has 0 fully saturated rings. The topological polar surface area (TPSA) is 64.5 Å². The van der Waals surface area contributed by atoms with Gasteiger partial charge in [-0.3, -0.25) is 4.98 Å². The molecule has 0 radical (unpaired) electrons. The molecular weight excluding hydrogens is 334 g/mol. The summed E-state index contributed by atoms with van der Waals surface area (Å²) >= 11 is 0. The van der Waals surface area contributed by atoms with E-state index in [0.717, 1.165) is 35.5 Å². The Bertz CT molecular complexity index is 829. The molecule has 3 aromatic rings. The van der Waals surface area contributed by atoms with Crippen molar-refractivity contribution >= 4 is 0 Å². The Morgan fingerprint density at radius 1 is 0.704 bits per heavy atom. The van der Waals surface area contributed by atoms with Gasteiger partial charge in [0.05, 0.1) is 0 Å². The first-order valence-electron chi connectivity index (χ1n) is 9.53. The van der Waals surface area contributed by atoms with Gasteiger partial charge >= 0.3 is 0 Å². The molecule has 2 atom stereocenters. The molecule has 0 saturated heterocycles. The summed E-state index contributed by atoms with van der Waals surface area (Å²) in [4.78, 5) is 22.0. The lowest BCUT2D eigenvalue weighted by molar-refractivity contribution is 0.675. The summed E-state index contributed by atoms with van der Waals surface area (Å²) in [5.41, 5.74) is 4.61. The number of rotatable bonds is 7. The molecule has 2 unspecified atom stereocenters. The minimum Gasteiger partial charge on any atom is -0.261 e. The van der Waals surface area contributed by atoms with Gasteiger partial charge in [0, 0.05) is 42.6 Å². The van der Waals surface area contributed by atoms with E-state index in [1.54, 1.807) is 6.33 Å². The van der Waals surface area contributed by atoms with Crippen LogP contribution < -0.4 is 0 Å². The third kappa shape index (κ3) is 5.16. The van der Waals surface area contributed by atoms with Crippen molar-refractivity contribution in [2.75, 3.05) is 0 Å². The maximum Gasteiger partial charge on any atom is 0.131 e. The second kappa shape index (κ2) is 8.80. The van der Waals surface area contributed by atoms with Gasteiger partial charge in [-0.25, -0.2) is 19.9 Å². The summed E-state index contributed by atoms with van der Waals surface area (Å²) in [6.45, 7) is 8.68. The van der Waals surface area contributed by atoms with Crippen molar-refractivity contribution < 1.29 is 0 Å². The van der Waals surface area contributed by atoms with Crippen LogP contribution in [0.3, 0.4) is 0 Å². The van der Waals surface area contributed by atoms with Crippen molar-refractivity contribution in [1.82, 2.24) is 24.9 Å². The van der Waals surface area contributed by atoms with E-state index in [1.165, 1.54) is 5.56 Å². The van der Waals surface area contributed by atoms with Gasteiger partial charge in [-0.05, 0) is 47.4 Å². The van der Waals surface area contributed by atoms with Crippen molar-refractivity contribution in [2.24, 2.45) is 0 Å². The average molecular weight is 361 g/mol. The van der Waals surface area contributed by atoms with Crippen LogP contribution in [0, 0.1) is 0 Å². The molecule has 0 bridgehead atoms. The van der Waals surface area contributed by atoms with E-state index in [1.807, 2.05) is 31.0 Å². The zero-order valence-corrected chi connectivity index (χ0v) is 16.5. The van der Waals surface area contributed by atoms with Gasteiger partial charge in [-0.15, -0.1) is 0 Å². The Kier molecular flexibility index (Phi) is 6.22. The van der Waals surface area contributed by atoms with Crippen molar-refractivity contribution in [3.63, 3.8) is 0 Å². The molecule has 5 nitrogen and oxygen atoms in total. The number of hydrogen-bond donors (Lipinski definition) is 0. The summed E-state index contributed by atoms with van der Waals surface area (Å²) in [6, 6.07) is 4.28. The summed E-state index contributed by atoms with van der Waals surface area (Å²) in [7, 11) is 0. The fourth-order valence-corrected chi connectivity index (χ4v) is 3.06. The fourth-order valence-electron chi connectivity index (χ4n) is 3.06. The minimum atomic E-state index is 0.233. The standard InChI is InChI=1S/C22H27N5/c1-15(2)19-5-6-21(25-13-19)8-17(4)22-26-9-18(10-27-22)7-16(3)20-11-23-14-24-12-20/h5-6,9-17H,7-8H2,1-4H3. The number of aromatic nitrogens is 5. The number of pyridine rings is 1. The van der Waals surface area contributed by atoms with Crippen LogP contribution in [0.25, 0.3) is 0 Å². The Morgan fingerprint density at radius 3 is 2.00 bits per heavy atom. The SMILES string of the molecule is CC(C)c1ccc(CC(C)c2ncc(CC(C)c3cncnc3)cn2)nc1. The van der Waals surface area contributed by atoms with Crippen LogP contribution in [0.5, 0.6) is 0 Å². The molecule has 3 heterocycles. The molecule has 0 N–H and O–H groups in total. The van der Waals surface area contributed by atoms with E-state index in [-0.39, 0.29) is 5.92 Å². The molecule has 0 aliphatic carbocycles. The van der Waals surface area contributed by atoms with Gasteiger partial charge < -0.3 is 0 Å². The van der Waals surface area contributed by atoms with E-state index < -0.39 is 0 Å². The molecule has 3 aromatic heterocycles. The van der Waals surface area contributed by atoms with Gasteiger partial charge in [-0.2, -0.15) is 0 Å². The Hall–Kier alpha value is -2.69. The normalized spacial score (nSPS) is 13.5. The van der Waals surface area contributed by atoms with Crippen molar-refractivity contribution in [1.29, 1.82) is 0 Å². The van der Waals surface area contributed by atoms with Crippen molar-refractivity contribution in [2.45, 2.75) is 58.3 Å². The molecule has 0 saturated carbocycles. The van der Waals surface area contributed by atoms with Crippen LogP contribution >= 0.6 is 0 Å². The third-order valence-corrected chi connectivity index (χ3v) is 4.89. The lowest BCUT2D eigenvalue weighted by atomic mass is 9.97. The zero-order valence-electron chi connectivity index (χ0n) is 16.5. The second-order valence-electron chi connectivity index (χ2n) is 7.57. The van der Waals surface area contributed by atoms with E-state index in [9.17, 15) is 0 Å². The summed E-state index contributed by atoms with van der Waals surface area (Å²) in [5.74, 6) is 1.94. The largest absolute Gasteiger partial charge is 0.261 e. The molecule has 0 amide bonds. The molecule has 0 spiro atoms. The quantitative estimate of drug-likeness (QED) is 0.621. The monoisotopic (exact) mass is 361 g/mol. The molecule has 3 rings (SSSR count). The van der Waals surface area contributed by atoms with Crippen molar-refractivity contribution in [3.8, 4) is 0 Å². The van der Waals surface area contributed by atoms with E-state index in [4.69, 9.17) is 0 Å². The Labute approximate surface area is 161 Å². The first-order valence-corrected chi connectivity index (χ1v) is 9.53. The highest BCUT2D eigenvalue weighted by Crippen LogP contribution is 2.21. The molecule has 5 heteroatoms. The maximum absolute atomic E-state index is 4.60. The van der Waals surface area contributed by atoms with Gasteiger partial charge in [0.2, 0.25) is 0 Å². The fraction of sp³-hybridized carbons (Fsp3) is 0.409. The molecule has 0 aliphatic rings. The van der Waals surface area contributed by atoms with Gasteiger partial charge in [0.1, 0.15) is 12.2 Å². The van der Waals surface area contributed by atoms with E-state index in [0.29, 0.717) is 11.8 Å². The highest BCUT2D eigenvalue weighted by Gasteiger charge is 2.13. The maximum atomic E-state index is 4.60. The Balaban J connectivity index is 1.60. The van der Waals surface area contributed by atoms with Crippen LogP contribution in [0.1, 0.15) is 73.7 Å². The van der Waals surface area contributed by atoms with Gasteiger partial charge in [0.15, 0.2) is 0 Å². The van der Waals surface area contributed by atoms with Crippen molar-refractivity contribution in [3.05, 3.63) is 77.7 Å². The van der Waals surface area contributed by atoms with Gasteiger partial charge in [-0.1, -0.05) is 33.8 Å². The zero-order chi connectivity index (χ0) is 19.2. The first kappa shape index (κ1) is 19.1. The summed E-state index contributed by atoms with van der Waals surface area (Å²) in [6.07, 6.45) is 12.9. The summed E-state index contributed by atoms with van der Waals surface area (Å²) in [5, 5.41) is 0. The van der Waals surface area contributed by atoms with Crippen LogP contribution in [0.2, 0.25) is 0 Å². The highest BCUT2D eigenvalue weighted by atomic mass is 14.9. The highest BCUT2D eigenvalue weighted by molar-refractivity contribution is 5.19. The predicted octanol–water partition coefficient (Wildman–Crippen LogP) is 4.48. The molecule has 140 valence electrons.